The van der Waals surface area contributed by atoms with Crippen molar-refractivity contribution in [3.05, 3.63) is 46.7 Å². The number of benzene rings is 1. The average Bonchev–Trinajstić information content (AvgIpc) is 3.08. The van der Waals surface area contributed by atoms with E-state index in [-0.39, 0.29) is 0 Å². The molecular formula is C18H23N3O. The van der Waals surface area contributed by atoms with Crippen LogP contribution >= 0.6 is 0 Å². The molecule has 0 radical (unpaired) electrons. The van der Waals surface area contributed by atoms with E-state index in [1.807, 2.05) is 0 Å². The number of likely N-dealkylation sites (tertiary alicyclic amines) is 1. The third-order valence-electron chi connectivity index (χ3n) is 5.03. The van der Waals surface area contributed by atoms with Crippen molar-refractivity contribution < 1.29 is 4.42 Å². The molecule has 1 aromatic heterocycles. The molecule has 1 aliphatic heterocycles. The molecule has 2 fully saturated rings. The molecule has 1 saturated carbocycles. The van der Waals surface area contributed by atoms with Crippen LogP contribution in [0, 0.1) is 13.8 Å². The van der Waals surface area contributed by atoms with Gasteiger partial charge in [-0.2, -0.15) is 0 Å². The third kappa shape index (κ3) is 2.68. The Morgan fingerprint density at radius 3 is 2.77 bits per heavy atom. The summed E-state index contributed by atoms with van der Waals surface area (Å²) in [6, 6.07) is 7.32. The zero-order chi connectivity index (χ0) is 15.1. The number of rotatable bonds is 4. The lowest BCUT2D eigenvalue weighted by Crippen LogP contribution is -2.23. The van der Waals surface area contributed by atoms with Gasteiger partial charge in [-0.3, -0.25) is 4.90 Å². The zero-order valence-corrected chi connectivity index (χ0v) is 13.4. The smallest absolute Gasteiger partial charge is 0.230 e. The van der Waals surface area contributed by atoms with Crippen molar-refractivity contribution in [1.82, 2.24) is 15.1 Å². The van der Waals surface area contributed by atoms with Crippen LogP contribution in [0.15, 0.2) is 22.6 Å². The van der Waals surface area contributed by atoms with Crippen LogP contribution in [-0.4, -0.2) is 21.6 Å². The first-order chi connectivity index (χ1) is 10.7. The molecule has 0 amide bonds. The Balaban J connectivity index is 1.51. The van der Waals surface area contributed by atoms with E-state index in [2.05, 4.69) is 47.1 Å². The summed E-state index contributed by atoms with van der Waals surface area (Å²) in [6.07, 6.45) is 4.86. The molecule has 0 bridgehead atoms. The minimum absolute atomic E-state index is 0.482. The highest BCUT2D eigenvalue weighted by atomic mass is 16.4. The molecule has 0 spiro atoms. The largest absolute Gasteiger partial charge is 0.424 e. The van der Waals surface area contributed by atoms with Crippen LogP contribution in [0.5, 0.6) is 0 Å². The van der Waals surface area contributed by atoms with Gasteiger partial charge in [-0.15, -0.1) is 10.2 Å². The van der Waals surface area contributed by atoms with Gasteiger partial charge in [-0.1, -0.05) is 18.2 Å². The molecule has 116 valence electrons. The van der Waals surface area contributed by atoms with Crippen molar-refractivity contribution in [3.8, 4) is 0 Å². The molecule has 2 aromatic rings. The van der Waals surface area contributed by atoms with Gasteiger partial charge < -0.3 is 4.42 Å². The lowest BCUT2D eigenvalue weighted by Gasteiger charge is -2.23. The van der Waals surface area contributed by atoms with Gasteiger partial charge >= 0.3 is 0 Å². The highest BCUT2D eigenvalue weighted by Crippen LogP contribution is 2.39. The number of hydrogen-bond donors (Lipinski definition) is 0. The van der Waals surface area contributed by atoms with Gasteiger partial charge in [0.05, 0.1) is 6.54 Å². The normalized spacial score (nSPS) is 22.4. The van der Waals surface area contributed by atoms with Crippen molar-refractivity contribution >= 4 is 0 Å². The lowest BCUT2D eigenvalue weighted by atomic mass is 9.99. The summed E-state index contributed by atoms with van der Waals surface area (Å²) in [5.41, 5.74) is 4.15. The third-order valence-corrected chi connectivity index (χ3v) is 5.03. The molecule has 0 unspecified atom stereocenters. The molecule has 1 aromatic carbocycles. The minimum Gasteiger partial charge on any atom is -0.424 e. The summed E-state index contributed by atoms with van der Waals surface area (Å²) >= 11 is 0. The zero-order valence-electron chi connectivity index (χ0n) is 13.4. The molecule has 22 heavy (non-hydrogen) atoms. The second-order valence-electron chi connectivity index (χ2n) is 6.78. The van der Waals surface area contributed by atoms with Gasteiger partial charge in [-0.25, -0.2) is 0 Å². The van der Waals surface area contributed by atoms with Gasteiger partial charge in [-0.05, 0) is 62.8 Å². The number of hydrogen-bond acceptors (Lipinski definition) is 4. The topological polar surface area (TPSA) is 42.2 Å². The summed E-state index contributed by atoms with van der Waals surface area (Å²) in [4.78, 5) is 2.48. The Bertz CT molecular complexity index is 675. The predicted octanol–water partition coefficient (Wildman–Crippen LogP) is 3.90. The number of aromatic nitrogens is 2. The molecule has 4 rings (SSSR count). The van der Waals surface area contributed by atoms with E-state index in [9.17, 15) is 0 Å². The first kappa shape index (κ1) is 13.9. The molecule has 1 aliphatic carbocycles. The Labute approximate surface area is 131 Å². The van der Waals surface area contributed by atoms with Gasteiger partial charge in [0.1, 0.15) is 0 Å². The van der Waals surface area contributed by atoms with Gasteiger partial charge in [0, 0.05) is 12.0 Å². The average molecular weight is 297 g/mol. The number of aryl methyl sites for hydroxylation is 2. The molecular weight excluding hydrogens is 274 g/mol. The molecule has 4 heteroatoms. The first-order valence-electron chi connectivity index (χ1n) is 8.34. The standard InChI is InChI=1S/C18H23N3O/c1-12-5-6-15(10-13(12)2)16-4-3-9-21(16)11-17-19-20-18(22-17)14-7-8-14/h5-6,10,14,16H,3-4,7-9,11H2,1-2H3/t16-/m0/s1. The summed E-state index contributed by atoms with van der Waals surface area (Å²) < 4.78 is 5.83. The molecule has 2 aliphatic rings. The van der Waals surface area contributed by atoms with Crippen LogP contribution in [0.2, 0.25) is 0 Å². The van der Waals surface area contributed by atoms with Crippen LogP contribution in [0.25, 0.3) is 0 Å². The van der Waals surface area contributed by atoms with Crippen LogP contribution in [0.3, 0.4) is 0 Å². The minimum atomic E-state index is 0.482. The van der Waals surface area contributed by atoms with Crippen molar-refractivity contribution in [2.45, 2.75) is 58.0 Å². The van der Waals surface area contributed by atoms with Crippen LogP contribution in [0.1, 0.15) is 66.1 Å². The monoisotopic (exact) mass is 297 g/mol. The van der Waals surface area contributed by atoms with Gasteiger partial charge in [0.15, 0.2) is 0 Å². The predicted molar refractivity (Wildman–Crippen MR) is 84.6 cm³/mol. The van der Waals surface area contributed by atoms with E-state index < -0.39 is 0 Å². The van der Waals surface area contributed by atoms with E-state index in [0.717, 1.165) is 24.9 Å². The van der Waals surface area contributed by atoms with Crippen molar-refractivity contribution in [3.63, 3.8) is 0 Å². The molecule has 2 heterocycles. The van der Waals surface area contributed by atoms with E-state index in [1.165, 1.54) is 42.4 Å². The molecule has 4 nitrogen and oxygen atoms in total. The first-order valence-corrected chi connectivity index (χ1v) is 8.34. The highest BCUT2D eigenvalue weighted by molar-refractivity contribution is 5.32. The fraction of sp³-hybridized carbons (Fsp3) is 0.556. The second-order valence-corrected chi connectivity index (χ2v) is 6.78. The van der Waals surface area contributed by atoms with Crippen LogP contribution in [-0.2, 0) is 6.54 Å². The Kier molecular flexibility index (Phi) is 3.49. The molecule has 1 atom stereocenters. The summed E-state index contributed by atoms with van der Waals surface area (Å²) in [5, 5.41) is 8.44. The van der Waals surface area contributed by atoms with Crippen LogP contribution in [0.4, 0.5) is 0 Å². The Morgan fingerprint density at radius 2 is 2.00 bits per heavy atom. The van der Waals surface area contributed by atoms with E-state index in [1.54, 1.807) is 0 Å². The summed E-state index contributed by atoms with van der Waals surface area (Å²) in [5.74, 6) is 2.16. The van der Waals surface area contributed by atoms with Crippen molar-refractivity contribution in [1.29, 1.82) is 0 Å². The lowest BCUT2D eigenvalue weighted by molar-refractivity contribution is 0.221. The molecule has 1 saturated heterocycles. The van der Waals surface area contributed by atoms with Crippen molar-refractivity contribution in [2.75, 3.05) is 6.54 Å². The summed E-state index contributed by atoms with van der Waals surface area (Å²) in [6.45, 7) is 6.25. The maximum Gasteiger partial charge on any atom is 0.230 e. The van der Waals surface area contributed by atoms with Gasteiger partial charge in [0.25, 0.3) is 0 Å². The highest BCUT2D eigenvalue weighted by Gasteiger charge is 2.31. The maximum absolute atomic E-state index is 5.83. The Morgan fingerprint density at radius 1 is 1.14 bits per heavy atom. The van der Waals surface area contributed by atoms with E-state index in [4.69, 9.17) is 4.42 Å². The quantitative estimate of drug-likeness (QED) is 0.858. The summed E-state index contributed by atoms with van der Waals surface area (Å²) in [7, 11) is 0. The van der Waals surface area contributed by atoms with Crippen molar-refractivity contribution in [2.24, 2.45) is 0 Å². The SMILES string of the molecule is Cc1ccc([C@@H]2CCCN2Cc2nnc(C3CC3)o2)cc1C. The fourth-order valence-corrected chi connectivity index (χ4v) is 3.36. The Hall–Kier alpha value is -1.68. The van der Waals surface area contributed by atoms with Gasteiger partial charge in [0.2, 0.25) is 11.8 Å². The fourth-order valence-electron chi connectivity index (χ4n) is 3.36. The second kappa shape index (κ2) is 5.51. The number of nitrogens with zero attached hydrogens (tertiary/aromatic N) is 3. The maximum atomic E-state index is 5.83. The van der Waals surface area contributed by atoms with E-state index in [0.29, 0.717) is 12.0 Å². The molecule has 0 N–H and O–H groups in total. The van der Waals surface area contributed by atoms with E-state index >= 15 is 0 Å². The van der Waals surface area contributed by atoms with Crippen LogP contribution < -0.4 is 0 Å².